The van der Waals surface area contributed by atoms with Crippen LogP contribution in [0.1, 0.15) is 37.9 Å². The van der Waals surface area contributed by atoms with Crippen molar-refractivity contribution in [3.8, 4) is 0 Å². The van der Waals surface area contributed by atoms with Crippen molar-refractivity contribution >= 4 is 16.9 Å². The first kappa shape index (κ1) is 15.6. The molecule has 0 atom stereocenters. The summed E-state index contributed by atoms with van der Waals surface area (Å²) >= 11 is 0. The van der Waals surface area contributed by atoms with Crippen molar-refractivity contribution in [3.05, 3.63) is 34.5 Å². The van der Waals surface area contributed by atoms with Gasteiger partial charge in [-0.15, -0.1) is 0 Å². The van der Waals surface area contributed by atoms with Crippen molar-refractivity contribution in [2.24, 2.45) is 5.92 Å². The average molecular weight is 314 g/mol. The summed E-state index contributed by atoms with van der Waals surface area (Å²) in [5.41, 5.74) is 0.366. The molecule has 2 heterocycles. The molecule has 6 heteroatoms. The second kappa shape index (κ2) is 6.89. The molecule has 0 unspecified atom stereocenters. The zero-order valence-electron chi connectivity index (χ0n) is 13.4. The Hall–Kier alpha value is -2.24. The third-order valence-corrected chi connectivity index (χ3v) is 4.53. The molecule has 0 saturated heterocycles. The van der Waals surface area contributed by atoms with E-state index in [-0.39, 0.29) is 17.4 Å². The SMILES string of the molecule is Cc1nc2ncccc2c(=O)n1CCNC(=O)C1CCCCC1. The lowest BCUT2D eigenvalue weighted by atomic mass is 9.89. The van der Waals surface area contributed by atoms with Gasteiger partial charge in [0, 0.05) is 25.2 Å². The zero-order chi connectivity index (χ0) is 16.2. The molecule has 2 aromatic rings. The number of pyridine rings is 1. The summed E-state index contributed by atoms with van der Waals surface area (Å²) in [6.07, 6.45) is 7.09. The van der Waals surface area contributed by atoms with Gasteiger partial charge in [-0.3, -0.25) is 14.2 Å². The van der Waals surface area contributed by atoms with Crippen LogP contribution in [0.25, 0.3) is 11.0 Å². The molecule has 3 rings (SSSR count). The molecule has 6 nitrogen and oxygen atoms in total. The fraction of sp³-hybridized carbons (Fsp3) is 0.529. The van der Waals surface area contributed by atoms with E-state index in [9.17, 15) is 9.59 Å². The van der Waals surface area contributed by atoms with E-state index in [0.29, 0.717) is 29.9 Å². The first-order chi connectivity index (χ1) is 11.2. The van der Waals surface area contributed by atoms with Crippen LogP contribution in [-0.4, -0.2) is 27.0 Å². The predicted molar refractivity (Wildman–Crippen MR) is 88.1 cm³/mol. The molecule has 0 radical (unpaired) electrons. The molecular formula is C17H22N4O2. The Morgan fingerprint density at radius 2 is 2.13 bits per heavy atom. The summed E-state index contributed by atoms with van der Waals surface area (Å²) in [7, 11) is 0. The van der Waals surface area contributed by atoms with Crippen LogP contribution < -0.4 is 10.9 Å². The summed E-state index contributed by atoms with van der Waals surface area (Å²) in [6.45, 7) is 2.67. The Morgan fingerprint density at radius 3 is 2.91 bits per heavy atom. The van der Waals surface area contributed by atoms with Gasteiger partial charge in [0.2, 0.25) is 5.91 Å². The summed E-state index contributed by atoms with van der Waals surface area (Å²) in [5, 5.41) is 3.47. The number of carbonyl (C=O) groups excluding carboxylic acids is 1. The quantitative estimate of drug-likeness (QED) is 0.933. The first-order valence-corrected chi connectivity index (χ1v) is 8.26. The van der Waals surface area contributed by atoms with Gasteiger partial charge in [0.1, 0.15) is 5.82 Å². The van der Waals surface area contributed by atoms with Crippen LogP contribution >= 0.6 is 0 Å². The minimum atomic E-state index is -0.104. The summed E-state index contributed by atoms with van der Waals surface area (Å²) in [4.78, 5) is 33.1. The molecule has 23 heavy (non-hydrogen) atoms. The van der Waals surface area contributed by atoms with Crippen LogP contribution in [0.2, 0.25) is 0 Å². The lowest BCUT2D eigenvalue weighted by Gasteiger charge is -2.21. The van der Waals surface area contributed by atoms with Crippen LogP contribution in [0.5, 0.6) is 0 Å². The number of carbonyl (C=O) groups is 1. The molecular weight excluding hydrogens is 292 g/mol. The molecule has 1 fully saturated rings. The van der Waals surface area contributed by atoms with Gasteiger partial charge in [-0.25, -0.2) is 9.97 Å². The molecule has 0 bridgehead atoms. The third kappa shape index (κ3) is 3.41. The van der Waals surface area contributed by atoms with Crippen LogP contribution in [-0.2, 0) is 11.3 Å². The van der Waals surface area contributed by atoms with Gasteiger partial charge in [0.25, 0.3) is 5.56 Å². The third-order valence-electron chi connectivity index (χ3n) is 4.53. The van der Waals surface area contributed by atoms with E-state index in [1.807, 2.05) is 0 Å². The second-order valence-electron chi connectivity index (χ2n) is 6.12. The number of fused-ring (bicyclic) bond motifs is 1. The standard InChI is InChI=1S/C17H22N4O2/c1-12-20-15-14(8-5-9-18-15)17(23)21(12)11-10-19-16(22)13-6-3-2-4-7-13/h5,8-9,13H,2-4,6-7,10-11H2,1H3,(H,19,22). The lowest BCUT2D eigenvalue weighted by Crippen LogP contribution is -2.36. The lowest BCUT2D eigenvalue weighted by molar-refractivity contribution is -0.125. The first-order valence-electron chi connectivity index (χ1n) is 8.26. The highest BCUT2D eigenvalue weighted by atomic mass is 16.2. The second-order valence-corrected chi connectivity index (χ2v) is 6.12. The Morgan fingerprint density at radius 1 is 1.35 bits per heavy atom. The highest BCUT2D eigenvalue weighted by Gasteiger charge is 2.20. The Balaban J connectivity index is 1.67. The fourth-order valence-electron chi connectivity index (χ4n) is 3.22. The van der Waals surface area contributed by atoms with Crippen LogP contribution in [0, 0.1) is 12.8 Å². The summed E-state index contributed by atoms with van der Waals surface area (Å²) < 4.78 is 1.60. The molecule has 122 valence electrons. The number of aromatic nitrogens is 3. The minimum absolute atomic E-state index is 0.104. The van der Waals surface area contributed by atoms with Gasteiger partial charge in [-0.05, 0) is 31.9 Å². The van der Waals surface area contributed by atoms with Crippen molar-refractivity contribution in [1.29, 1.82) is 0 Å². The number of amides is 1. The van der Waals surface area contributed by atoms with Gasteiger partial charge in [-0.2, -0.15) is 0 Å². The normalized spacial score (nSPS) is 15.7. The maximum absolute atomic E-state index is 12.5. The number of nitrogens with one attached hydrogen (secondary N) is 1. The van der Waals surface area contributed by atoms with E-state index in [0.717, 1.165) is 25.7 Å². The van der Waals surface area contributed by atoms with Crippen molar-refractivity contribution in [2.45, 2.75) is 45.6 Å². The smallest absolute Gasteiger partial charge is 0.263 e. The molecule has 1 N–H and O–H groups in total. The van der Waals surface area contributed by atoms with E-state index in [2.05, 4.69) is 15.3 Å². The number of aryl methyl sites for hydroxylation is 1. The molecule has 0 spiro atoms. The minimum Gasteiger partial charge on any atom is -0.354 e. The molecule has 1 saturated carbocycles. The van der Waals surface area contributed by atoms with E-state index >= 15 is 0 Å². The van der Waals surface area contributed by atoms with Gasteiger partial charge in [0.15, 0.2) is 5.65 Å². The largest absolute Gasteiger partial charge is 0.354 e. The molecule has 1 aliphatic rings. The molecule has 1 aliphatic carbocycles. The zero-order valence-corrected chi connectivity index (χ0v) is 13.4. The number of rotatable bonds is 4. The average Bonchev–Trinajstić information content (AvgIpc) is 2.58. The van der Waals surface area contributed by atoms with Gasteiger partial charge < -0.3 is 5.32 Å². The monoisotopic (exact) mass is 314 g/mol. The molecule has 0 aliphatic heterocycles. The maximum Gasteiger partial charge on any atom is 0.263 e. The highest BCUT2D eigenvalue weighted by Crippen LogP contribution is 2.23. The maximum atomic E-state index is 12.5. The molecule has 2 aromatic heterocycles. The fourth-order valence-corrected chi connectivity index (χ4v) is 3.22. The predicted octanol–water partition coefficient (Wildman–Crippen LogP) is 1.80. The number of nitrogens with zero attached hydrogens (tertiary/aromatic N) is 3. The van der Waals surface area contributed by atoms with Gasteiger partial charge in [0.05, 0.1) is 5.39 Å². The Labute approximate surface area is 134 Å². The van der Waals surface area contributed by atoms with Crippen molar-refractivity contribution < 1.29 is 4.79 Å². The van der Waals surface area contributed by atoms with Crippen molar-refractivity contribution in [2.75, 3.05) is 6.54 Å². The van der Waals surface area contributed by atoms with Gasteiger partial charge in [-0.1, -0.05) is 19.3 Å². The van der Waals surface area contributed by atoms with E-state index in [1.165, 1.54) is 6.42 Å². The molecule has 1 amide bonds. The van der Waals surface area contributed by atoms with Crippen molar-refractivity contribution in [3.63, 3.8) is 0 Å². The summed E-state index contributed by atoms with van der Waals surface area (Å²) in [5.74, 6) is 0.874. The molecule has 0 aromatic carbocycles. The van der Waals surface area contributed by atoms with E-state index < -0.39 is 0 Å². The van der Waals surface area contributed by atoms with Gasteiger partial charge >= 0.3 is 0 Å². The Kier molecular flexibility index (Phi) is 4.69. The highest BCUT2D eigenvalue weighted by molar-refractivity contribution is 5.78. The van der Waals surface area contributed by atoms with E-state index in [4.69, 9.17) is 0 Å². The number of hydrogen-bond donors (Lipinski definition) is 1. The van der Waals surface area contributed by atoms with Crippen molar-refractivity contribution in [1.82, 2.24) is 19.9 Å². The summed E-state index contributed by atoms with van der Waals surface area (Å²) in [6, 6.07) is 3.46. The van der Waals surface area contributed by atoms with Crippen LogP contribution in [0.4, 0.5) is 0 Å². The topological polar surface area (TPSA) is 76.9 Å². The number of hydrogen-bond acceptors (Lipinski definition) is 4. The Bertz CT molecular complexity index is 763. The van der Waals surface area contributed by atoms with Crippen LogP contribution in [0.15, 0.2) is 23.1 Å². The van der Waals surface area contributed by atoms with Crippen LogP contribution in [0.3, 0.4) is 0 Å². The van der Waals surface area contributed by atoms with E-state index in [1.54, 1.807) is 29.8 Å².